The summed E-state index contributed by atoms with van der Waals surface area (Å²) in [6, 6.07) is 15.5. The first-order chi connectivity index (χ1) is 14.1. The summed E-state index contributed by atoms with van der Waals surface area (Å²) in [4.78, 5) is 20.6. The third kappa shape index (κ3) is 3.67. The van der Waals surface area contributed by atoms with E-state index < -0.39 is 0 Å². The smallest absolute Gasteiger partial charge is 0.270 e. The Morgan fingerprint density at radius 1 is 1.07 bits per heavy atom. The maximum Gasteiger partial charge on any atom is 0.270 e. The number of carbonyl (C=O) groups excluding carboxylic acids is 1. The zero-order valence-electron chi connectivity index (χ0n) is 16.7. The van der Waals surface area contributed by atoms with Crippen molar-refractivity contribution in [3.05, 3.63) is 66.0 Å². The van der Waals surface area contributed by atoms with Crippen LogP contribution in [-0.2, 0) is 11.3 Å². The van der Waals surface area contributed by atoms with Crippen LogP contribution < -0.4 is 10.1 Å². The van der Waals surface area contributed by atoms with Crippen LogP contribution in [0.2, 0.25) is 0 Å². The summed E-state index contributed by atoms with van der Waals surface area (Å²) >= 11 is 0. The Labute approximate surface area is 168 Å². The summed E-state index contributed by atoms with van der Waals surface area (Å²) in [6.45, 7) is 4.10. The molecular formula is C23H23N3O3. The molecule has 0 aliphatic heterocycles. The molecule has 4 rings (SSSR count). The third-order valence-corrected chi connectivity index (χ3v) is 4.62. The number of nitrogens with one attached hydrogen (secondary N) is 2. The molecule has 0 saturated carbocycles. The molecule has 2 N–H and O–H groups in total. The van der Waals surface area contributed by atoms with E-state index in [9.17, 15) is 4.79 Å². The number of fused-ring (bicyclic) bond motifs is 3. The predicted molar refractivity (Wildman–Crippen MR) is 113 cm³/mol. The fraction of sp³-hybridized carbons (Fsp3) is 0.217. The van der Waals surface area contributed by atoms with Crippen molar-refractivity contribution < 1.29 is 14.3 Å². The molecule has 6 heteroatoms. The van der Waals surface area contributed by atoms with E-state index in [1.54, 1.807) is 13.3 Å². The van der Waals surface area contributed by atoms with E-state index in [0.29, 0.717) is 11.4 Å². The minimum Gasteiger partial charge on any atom is -0.457 e. The summed E-state index contributed by atoms with van der Waals surface area (Å²) in [6.07, 6.45) is 1.69. The largest absolute Gasteiger partial charge is 0.457 e. The summed E-state index contributed by atoms with van der Waals surface area (Å²) in [5.74, 6) is 1.23. The number of aromatic nitrogens is 2. The predicted octanol–water partition coefficient (Wildman–Crippen LogP) is 4.79. The molecule has 0 aliphatic carbocycles. The van der Waals surface area contributed by atoms with Gasteiger partial charge >= 0.3 is 0 Å². The van der Waals surface area contributed by atoms with Crippen LogP contribution in [-0.4, -0.2) is 29.0 Å². The number of carbonyl (C=O) groups is 1. The van der Waals surface area contributed by atoms with E-state index >= 15 is 0 Å². The molecule has 148 valence electrons. The van der Waals surface area contributed by atoms with E-state index in [1.807, 2.05) is 62.4 Å². The van der Waals surface area contributed by atoms with Crippen LogP contribution >= 0.6 is 0 Å². The van der Waals surface area contributed by atoms with Crippen molar-refractivity contribution in [2.45, 2.75) is 26.5 Å². The van der Waals surface area contributed by atoms with Crippen molar-refractivity contribution in [2.24, 2.45) is 0 Å². The van der Waals surface area contributed by atoms with Gasteiger partial charge in [0.05, 0.1) is 29.2 Å². The Hall–Kier alpha value is -3.38. The molecule has 0 saturated heterocycles. The van der Waals surface area contributed by atoms with Gasteiger partial charge in [0, 0.05) is 24.1 Å². The van der Waals surface area contributed by atoms with Gasteiger partial charge in [-0.15, -0.1) is 0 Å². The number of amides is 1. The normalized spacial score (nSPS) is 11.3. The molecule has 0 fully saturated rings. The summed E-state index contributed by atoms with van der Waals surface area (Å²) in [5, 5.41) is 4.71. The summed E-state index contributed by atoms with van der Waals surface area (Å²) in [5.41, 5.74) is 2.84. The number of methoxy groups -OCH3 is 1. The fourth-order valence-corrected chi connectivity index (χ4v) is 3.48. The van der Waals surface area contributed by atoms with Crippen LogP contribution in [0.15, 0.2) is 54.7 Å². The molecule has 29 heavy (non-hydrogen) atoms. The van der Waals surface area contributed by atoms with E-state index in [1.165, 1.54) is 0 Å². The molecule has 6 nitrogen and oxygen atoms in total. The molecule has 2 heterocycles. The number of aromatic amines is 1. The summed E-state index contributed by atoms with van der Waals surface area (Å²) in [7, 11) is 1.61. The van der Waals surface area contributed by atoms with Crippen molar-refractivity contribution >= 4 is 27.7 Å². The highest BCUT2D eigenvalue weighted by Gasteiger charge is 2.21. The lowest BCUT2D eigenvalue weighted by atomic mass is 10.0. The Bertz CT molecular complexity index is 1170. The molecule has 0 bridgehead atoms. The molecule has 2 aromatic heterocycles. The number of hydrogen-bond acceptors (Lipinski definition) is 4. The number of H-pyrrole nitrogens is 1. The van der Waals surface area contributed by atoms with Crippen LogP contribution in [0.1, 0.15) is 29.9 Å². The van der Waals surface area contributed by atoms with Crippen molar-refractivity contribution in [1.29, 1.82) is 0 Å². The monoisotopic (exact) mass is 389 g/mol. The van der Waals surface area contributed by atoms with Gasteiger partial charge in [0.1, 0.15) is 17.2 Å². The number of benzene rings is 2. The zero-order valence-corrected chi connectivity index (χ0v) is 16.7. The van der Waals surface area contributed by atoms with Crippen LogP contribution in [0.25, 0.3) is 21.8 Å². The second-order valence-electron chi connectivity index (χ2n) is 7.15. The van der Waals surface area contributed by atoms with Crippen LogP contribution in [0.4, 0.5) is 0 Å². The molecule has 0 unspecified atom stereocenters. The molecule has 2 aromatic carbocycles. The highest BCUT2D eigenvalue weighted by molar-refractivity contribution is 6.14. The number of rotatable bonds is 6. The molecular weight excluding hydrogens is 366 g/mol. The first kappa shape index (κ1) is 19.0. The van der Waals surface area contributed by atoms with Crippen molar-refractivity contribution in [1.82, 2.24) is 15.3 Å². The quantitative estimate of drug-likeness (QED) is 0.497. The Kier molecular flexibility index (Phi) is 5.18. The standard InChI is InChI=1S/C23H23N3O3/c1-14(2)25-23(27)22-16(13-28-3)20-18(12-24-22)26-17-10-7-11-19(21(17)20)29-15-8-5-4-6-9-15/h4-12,14,26H,13H2,1-3H3,(H,25,27). The Balaban J connectivity index is 1.95. The molecule has 0 aliphatic rings. The lowest BCUT2D eigenvalue weighted by molar-refractivity contribution is 0.0933. The van der Waals surface area contributed by atoms with Crippen molar-refractivity contribution in [3.63, 3.8) is 0 Å². The van der Waals surface area contributed by atoms with Gasteiger partial charge in [0.15, 0.2) is 0 Å². The fourth-order valence-electron chi connectivity index (χ4n) is 3.48. The maximum atomic E-state index is 12.8. The minimum absolute atomic E-state index is 0.00957. The third-order valence-electron chi connectivity index (χ3n) is 4.62. The number of hydrogen-bond donors (Lipinski definition) is 2. The lowest BCUT2D eigenvalue weighted by Crippen LogP contribution is -2.31. The second kappa shape index (κ2) is 7.93. The van der Waals surface area contributed by atoms with Crippen molar-refractivity contribution in [3.8, 4) is 11.5 Å². The van der Waals surface area contributed by atoms with E-state index in [2.05, 4.69) is 15.3 Å². The molecule has 0 spiro atoms. The van der Waals surface area contributed by atoms with Gasteiger partial charge in [0.2, 0.25) is 0 Å². The maximum absolute atomic E-state index is 12.8. The second-order valence-corrected chi connectivity index (χ2v) is 7.15. The Morgan fingerprint density at radius 3 is 2.59 bits per heavy atom. The topological polar surface area (TPSA) is 76.2 Å². The minimum atomic E-state index is -0.218. The van der Waals surface area contributed by atoms with E-state index in [0.717, 1.165) is 33.1 Å². The first-order valence-corrected chi connectivity index (χ1v) is 9.53. The SMILES string of the molecule is COCc1c(C(=O)NC(C)C)ncc2[nH]c3cccc(Oc4ccccc4)c3c12. The lowest BCUT2D eigenvalue weighted by Gasteiger charge is -2.13. The number of para-hydroxylation sites is 1. The molecule has 4 aromatic rings. The van der Waals surface area contributed by atoms with Crippen molar-refractivity contribution in [2.75, 3.05) is 7.11 Å². The highest BCUT2D eigenvalue weighted by atomic mass is 16.5. The van der Waals surface area contributed by atoms with Gasteiger partial charge in [-0.2, -0.15) is 0 Å². The van der Waals surface area contributed by atoms with E-state index in [-0.39, 0.29) is 18.6 Å². The average Bonchev–Trinajstić information content (AvgIpc) is 3.08. The number of pyridine rings is 1. The van der Waals surface area contributed by atoms with Gasteiger partial charge in [0.25, 0.3) is 5.91 Å². The molecule has 0 atom stereocenters. The number of ether oxygens (including phenoxy) is 2. The van der Waals surface area contributed by atoms with Crippen LogP contribution in [0.5, 0.6) is 11.5 Å². The molecule has 0 radical (unpaired) electrons. The van der Waals surface area contributed by atoms with Crippen LogP contribution in [0.3, 0.4) is 0 Å². The first-order valence-electron chi connectivity index (χ1n) is 9.53. The Morgan fingerprint density at radius 2 is 1.86 bits per heavy atom. The summed E-state index contributed by atoms with van der Waals surface area (Å²) < 4.78 is 11.6. The van der Waals surface area contributed by atoms with Gasteiger partial charge in [-0.1, -0.05) is 24.3 Å². The number of nitrogens with zero attached hydrogens (tertiary/aromatic N) is 1. The van der Waals surface area contributed by atoms with Gasteiger partial charge in [-0.3, -0.25) is 4.79 Å². The van der Waals surface area contributed by atoms with Gasteiger partial charge in [-0.25, -0.2) is 4.98 Å². The average molecular weight is 389 g/mol. The van der Waals surface area contributed by atoms with Crippen LogP contribution in [0, 0.1) is 0 Å². The molecule has 1 amide bonds. The van der Waals surface area contributed by atoms with Gasteiger partial charge in [-0.05, 0) is 38.1 Å². The van der Waals surface area contributed by atoms with E-state index in [4.69, 9.17) is 9.47 Å². The van der Waals surface area contributed by atoms with Gasteiger partial charge < -0.3 is 19.8 Å². The highest BCUT2D eigenvalue weighted by Crippen LogP contribution is 2.38. The zero-order chi connectivity index (χ0) is 20.4.